The normalized spacial score (nSPS) is 19.0. The van der Waals surface area contributed by atoms with Gasteiger partial charge < -0.3 is 9.47 Å². The van der Waals surface area contributed by atoms with Gasteiger partial charge in [0.05, 0.1) is 35.5 Å². The Morgan fingerprint density at radius 3 is 2.72 bits per heavy atom. The SMILES string of the molecule is CCCCOc1ccc(-c2nn(-c3ccccc3)cc2/C=C2\SC(=S)N(C[C@H]3CCCO3)C2=O)cc1. The molecule has 2 saturated heterocycles. The van der Waals surface area contributed by atoms with Crippen LogP contribution in [-0.2, 0) is 9.53 Å². The van der Waals surface area contributed by atoms with Crippen LogP contribution in [0.3, 0.4) is 0 Å². The minimum Gasteiger partial charge on any atom is -0.494 e. The standard InChI is InChI=1S/C28H29N3O3S2/c1-2-3-15-33-23-13-11-20(12-14-23)26-21(18-31(29-26)22-8-5-4-6-9-22)17-25-27(32)30(28(35)36-25)19-24-10-7-16-34-24/h4-6,8-9,11-14,17-18,24H,2-3,7,10,15-16,19H2,1H3/b25-17-/t24-/m1/s1. The molecular formula is C28H29N3O3S2. The van der Waals surface area contributed by atoms with Gasteiger partial charge >= 0.3 is 0 Å². The molecule has 2 aliphatic heterocycles. The summed E-state index contributed by atoms with van der Waals surface area (Å²) < 4.78 is 14.0. The summed E-state index contributed by atoms with van der Waals surface area (Å²) in [6.45, 7) is 4.11. The lowest BCUT2D eigenvalue weighted by Gasteiger charge is -2.18. The molecule has 1 amide bonds. The highest BCUT2D eigenvalue weighted by Gasteiger charge is 2.35. The Kier molecular flexibility index (Phi) is 7.84. The molecule has 8 heteroatoms. The summed E-state index contributed by atoms with van der Waals surface area (Å²) in [6, 6.07) is 17.9. The van der Waals surface area contributed by atoms with Crippen LogP contribution >= 0.6 is 24.0 Å². The fourth-order valence-corrected chi connectivity index (χ4v) is 5.53. The molecular weight excluding hydrogens is 490 g/mol. The highest BCUT2D eigenvalue weighted by molar-refractivity contribution is 8.26. The van der Waals surface area contributed by atoms with Gasteiger partial charge in [-0.25, -0.2) is 4.68 Å². The molecule has 186 valence electrons. The summed E-state index contributed by atoms with van der Waals surface area (Å²) >= 11 is 6.89. The fourth-order valence-electron chi connectivity index (χ4n) is 4.26. The quantitative estimate of drug-likeness (QED) is 0.193. The number of aromatic nitrogens is 2. The van der Waals surface area contributed by atoms with Crippen LogP contribution < -0.4 is 4.74 Å². The van der Waals surface area contributed by atoms with Crippen LogP contribution in [0.25, 0.3) is 23.0 Å². The molecule has 5 rings (SSSR count). The van der Waals surface area contributed by atoms with E-state index < -0.39 is 0 Å². The third kappa shape index (κ3) is 5.56. The maximum absolute atomic E-state index is 13.3. The van der Waals surface area contributed by atoms with E-state index in [2.05, 4.69) is 6.92 Å². The first-order valence-electron chi connectivity index (χ1n) is 12.4. The first-order chi connectivity index (χ1) is 17.6. The summed E-state index contributed by atoms with van der Waals surface area (Å²) in [5.41, 5.74) is 3.55. The summed E-state index contributed by atoms with van der Waals surface area (Å²) in [6.07, 6.45) is 8.03. The number of rotatable bonds is 9. The van der Waals surface area contributed by atoms with Gasteiger partial charge in [0.1, 0.15) is 10.1 Å². The summed E-state index contributed by atoms with van der Waals surface area (Å²) in [5.74, 6) is 0.768. The minimum atomic E-state index is -0.0708. The molecule has 6 nitrogen and oxygen atoms in total. The molecule has 1 atom stereocenters. The number of hydrogen-bond donors (Lipinski definition) is 0. The summed E-state index contributed by atoms with van der Waals surface area (Å²) in [4.78, 5) is 15.5. The number of thioether (sulfide) groups is 1. The smallest absolute Gasteiger partial charge is 0.266 e. The number of amides is 1. The predicted octanol–water partition coefficient (Wildman–Crippen LogP) is 6.10. The van der Waals surface area contributed by atoms with Crippen LogP contribution in [0.1, 0.15) is 38.2 Å². The Labute approximate surface area is 221 Å². The van der Waals surface area contributed by atoms with E-state index in [0.29, 0.717) is 22.4 Å². The van der Waals surface area contributed by atoms with Crippen LogP contribution in [0.4, 0.5) is 0 Å². The molecule has 0 spiro atoms. The van der Waals surface area contributed by atoms with Crippen molar-refractivity contribution in [2.75, 3.05) is 19.8 Å². The van der Waals surface area contributed by atoms with E-state index in [4.69, 9.17) is 26.8 Å². The zero-order valence-corrected chi connectivity index (χ0v) is 21.9. The van der Waals surface area contributed by atoms with Crippen molar-refractivity contribution in [1.29, 1.82) is 0 Å². The van der Waals surface area contributed by atoms with Gasteiger partial charge in [0.25, 0.3) is 5.91 Å². The van der Waals surface area contributed by atoms with Crippen molar-refractivity contribution >= 4 is 40.3 Å². The number of ether oxygens (including phenoxy) is 2. The van der Waals surface area contributed by atoms with Crippen LogP contribution in [0, 0.1) is 0 Å². The molecule has 0 aliphatic carbocycles. The average Bonchev–Trinajstić information content (AvgIpc) is 3.63. The second-order valence-electron chi connectivity index (χ2n) is 8.87. The predicted molar refractivity (Wildman–Crippen MR) is 148 cm³/mol. The van der Waals surface area contributed by atoms with Gasteiger partial charge in [0.2, 0.25) is 0 Å². The largest absolute Gasteiger partial charge is 0.494 e. The number of thiocarbonyl (C=S) groups is 1. The van der Waals surface area contributed by atoms with Crippen molar-refractivity contribution < 1.29 is 14.3 Å². The number of hydrogen-bond acceptors (Lipinski definition) is 6. The Balaban J connectivity index is 1.45. The molecule has 0 unspecified atom stereocenters. The zero-order chi connectivity index (χ0) is 24.9. The Hall–Kier alpha value is -2.94. The second-order valence-corrected chi connectivity index (χ2v) is 10.5. The van der Waals surface area contributed by atoms with Crippen LogP contribution in [0.2, 0.25) is 0 Å². The van der Waals surface area contributed by atoms with Gasteiger partial charge in [-0.3, -0.25) is 9.69 Å². The second kappa shape index (κ2) is 11.4. The van der Waals surface area contributed by atoms with Crippen LogP contribution in [-0.4, -0.2) is 50.8 Å². The minimum absolute atomic E-state index is 0.0568. The molecule has 0 N–H and O–H groups in total. The molecule has 3 heterocycles. The molecule has 0 radical (unpaired) electrons. The fraction of sp³-hybridized carbons (Fsp3) is 0.321. The van der Waals surface area contributed by atoms with E-state index >= 15 is 0 Å². The molecule has 2 fully saturated rings. The van der Waals surface area contributed by atoms with Gasteiger partial charge in [-0.2, -0.15) is 5.10 Å². The maximum Gasteiger partial charge on any atom is 0.266 e. The van der Waals surface area contributed by atoms with E-state index in [1.165, 1.54) is 11.8 Å². The molecule has 2 aromatic carbocycles. The van der Waals surface area contributed by atoms with E-state index in [-0.39, 0.29) is 12.0 Å². The molecule has 1 aromatic heterocycles. The third-order valence-electron chi connectivity index (χ3n) is 6.23. The van der Waals surface area contributed by atoms with Crippen LogP contribution in [0.15, 0.2) is 65.7 Å². The Morgan fingerprint density at radius 1 is 1.19 bits per heavy atom. The van der Waals surface area contributed by atoms with Crippen molar-refractivity contribution in [2.24, 2.45) is 0 Å². The number of unbranched alkanes of at least 4 members (excludes halogenated alkanes) is 1. The molecule has 2 aliphatic rings. The van der Waals surface area contributed by atoms with Crippen molar-refractivity contribution in [2.45, 2.75) is 38.7 Å². The molecule has 0 bridgehead atoms. The maximum atomic E-state index is 13.3. The highest BCUT2D eigenvalue weighted by Crippen LogP contribution is 2.36. The van der Waals surface area contributed by atoms with Crippen LogP contribution in [0.5, 0.6) is 5.75 Å². The van der Waals surface area contributed by atoms with Gasteiger partial charge in [-0.1, -0.05) is 55.5 Å². The lowest BCUT2D eigenvalue weighted by Crippen LogP contribution is -2.35. The van der Waals surface area contributed by atoms with Crippen molar-refractivity contribution in [3.05, 3.63) is 71.3 Å². The van der Waals surface area contributed by atoms with Gasteiger partial charge in [0.15, 0.2) is 0 Å². The zero-order valence-electron chi connectivity index (χ0n) is 20.3. The molecule has 0 saturated carbocycles. The van der Waals surface area contributed by atoms with E-state index in [1.807, 2.05) is 71.6 Å². The lowest BCUT2D eigenvalue weighted by molar-refractivity contribution is -0.123. The number of carbonyl (C=O) groups is 1. The van der Waals surface area contributed by atoms with Gasteiger partial charge in [0, 0.05) is 23.9 Å². The first-order valence-corrected chi connectivity index (χ1v) is 13.6. The number of carbonyl (C=O) groups excluding carboxylic acids is 1. The number of nitrogens with zero attached hydrogens (tertiary/aromatic N) is 3. The Morgan fingerprint density at radius 2 is 2.00 bits per heavy atom. The molecule has 3 aromatic rings. The monoisotopic (exact) mass is 519 g/mol. The van der Waals surface area contributed by atoms with E-state index in [0.717, 1.165) is 60.5 Å². The van der Waals surface area contributed by atoms with E-state index in [1.54, 1.807) is 4.90 Å². The number of para-hydroxylation sites is 1. The first kappa shape index (κ1) is 24.7. The third-order valence-corrected chi connectivity index (χ3v) is 7.61. The Bertz CT molecular complexity index is 1250. The van der Waals surface area contributed by atoms with Gasteiger partial charge in [-0.15, -0.1) is 0 Å². The van der Waals surface area contributed by atoms with Crippen molar-refractivity contribution in [3.8, 4) is 22.7 Å². The summed E-state index contributed by atoms with van der Waals surface area (Å²) in [5, 5.41) is 4.89. The highest BCUT2D eigenvalue weighted by atomic mass is 32.2. The topological polar surface area (TPSA) is 56.6 Å². The van der Waals surface area contributed by atoms with Gasteiger partial charge in [-0.05, 0) is 61.7 Å². The lowest BCUT2D eigenvalue weighted by atomic mass is 10.1. The molecule has 36 heavy (non-hydrogen) atoms. The van der Waals surface area contributed by atoms with E-state index in [9.17, 15) is 4.79 Å². The summed E-state index contributed by atoms with van der Waals surface area (Å²) in [7, 11) is 0. The number of benzene rings is 2. The van der Waals surface area contributed by atoms with Crippen molar-refractivity contribution in [3.63, 3.8) is 0 Å². The van der Waals surface area contributed by atoms with Crippen molar-refractivity contribution in [1.82, 2.24) is 14.7 Å². The average molecular weight is 520 g/mol.